The normalized spacial score (nSPS) is 24.1. The smallest absolute Gasteiger partial charge is 0.321 e. The van der Waals surface area contributed by atoms with Gasteiger partial charge in [0.25, 0.3) is 0 Å². The summed E-state index contributed by atoms with van der Waals surface area (Å²) in [5, 5.41) is 104. The number of nitrogens with two attached hydrogens (primary N) is 3. The highest BCUT2D eigenvalue weighted by atomic mass is 32.2. The largest absolute Gasteiger partial charge is 0.411 e. The summed E-state index contributed by atoms with van der Waals surface area (Å²) in [6.45, 7) is 6.30. The predicted octanol–water partition coefficient (Wildman–Crippen LogP) is 3.15. The van der Waals surface area contributed by atoms with Crippen molar-refractivity contribution in [2.24, 2.45) is 78.0 Å². The van der Waals surface area contributed by atoms with Gasteiger partial charge in [0, 0.05) is 220 Å². The molecule has 13 atom stereocenters. The fourth-order valence-corrected chi connectivity index (χ4v) is 23.4. The molecule has 1 unspecified atom stereocenters. The number of sulfonamides is 1. The molecule has 12 bridgehead atoms. The molecule has 58 heteroatoms. The van der Waals surface area contributed by atoms with Gasteiger partial charge in [0.05, 0.1) is 149 Å². The van der Waals surface area contributed by atoms with Gasteiger partial charge >= 0.3 is 48.0 Å². The Morgan fingerprint density at radius 2 is 0.873 bits per heavy atom. The maximum Gasteiger partial charge on any atom is 0.321 e. The third-order valence-corrected chi connectivity index (χ3v) is 31.6. The number of thiazole rings is 1. The van der Waals surface area contributed by atoms with Crippen LogP contribution in [0.4, 0.5) is 39.6 Å². The molecule has 0 aliphatic carbocycles. The van der Waals surface area contributed by atoms with Crippen LogP contribution in [0.5, 0.6) is 0 Å². The first-order chi connectivity index (χ1) is 71.8. The number of likely N-dealkylation sites (N-methyl/N-ethyl adjacent to an activating group) is 7. The number of anilines is 2. The number of carbonyl (C=O) groups excluding carboxylic acids is 9. The lowest BCUT2D eigenvalue weighted by atomic mass is 9.91. The zero-order valence-electron chi connectivity index (χ0n) is 84.2. The molecule has 7 aromatic heterocycles. The molecule has 23 rings (SSSR count). The minimum absolute atomic E-state index is 0.0113. The molecule has 9 aromatic rings. The lowest BCUT2D eigenvalue weighted by molar-refractivity contribution is -0.161. The van der Waals surface area contributed by atoms with E-state index in [4.69, 9.17) is 31.9 Å². The molecule has 7 fully saturated rings. The summed E-state index contributed by atoms with van der Waals surface area (Å²) in [4.78, 5) is 154. The summed E-state index contributed by atoms with van der Waals surface area (Å²) in [6.07, 6.45) is 11.9. The molecule has 792 valence electrons. The summed E-state index contributed by atoms with van der Waals surface area (Å²) in [7, 11) is 17.6. The minimum atomic E-state index is -3.71. The fraction of sp³-hybridized carbons (Fsp3) is 0.467. The molecule has 2 aromatic carbocycles. The number of oxime groups is 4. The number of nitrogen functional groups attached to an aromatic ring is 2. The van der Waals surface area contributed by atoms with Crippen molar-refractivity contribution in [3.05, 3.63) is 182 Å². The van der Waals surface area contributed by atoms with Gasteiger partial charge in [-0.05, 0) is 30.2 Å². The number of hydrogen-bond donors (Lipinski definition) is 10. The molecule has 7 saturated heterocycles. The van der Waals surface area contributed by atoms with Crippen LogP contribution in [0, 0.1) is 11.3 Å². The number of piperazine rings is 1. The van der Waals surface area contributed by atoms with E-state index < -0.39 is 58.0 Å². The first-order valence-electron chi connectivity index (χ1n) is 48.0. The van der Waals surface area contributed by atoms with Crippen LogP contribution in [0.15, 0.2) is 128 Å². The number of fused-ring (bicyclic) bond motifs is 24. The molecule has 150 heavy (non-hydrogen) atoms. The van der Waals surface area contributed by atoms with Crippen LogP contribution >= 0.6 is 11.3 Å². The average Bonchev–Trinajstić information content (AvgIpc) is 1.63. The minimum Gasteiger partial charge on any atom is -0.411 e. The number of hydroxylamine groups is 2. The van der Waals surface area contributed by atoms with Crippen LogP contribution in [0.3, 0.4) is 0 Å². The number of amides is 15. The topological polar surface area (TPSA) is 663 Å². The molecule has 0 saturated carbocycles. The lowest BCUT2D eigenvalue weighted by Gasteiger charge is -2.33. The molecule has 15 amide bonds. The van der Waals surface area contributed by atoms with Crippen molar-refractivity contribution in [3.8, 4) is 6.07 Å². The Morgan fingerprint density at radius 3 is 1.27 bits per heavy atom. The van der Waals surface area contributed by atoms with Gasteiger partial charge in [0.15, 0.2) is 10.8 Å². The monoisotopic (exact) mass is 2100 g/mol. The van der Waals surface area contributed by atoms with Crippen molar-refractivity contribution in [1.29, 1.82) is 5.26 Å². The molecule has 14 aliphatic rings. The van der Waals surface area contributed by atoms with Gasteiger partial charge < -0.3 is 95.6 Å². The van der Waals surface area contributed by atoms with Crippen molar-refractivity contribution >= 4 is 121 Å². The summed E-state index contributed by atoms with van der Waals surface area (Å²) in [6, 6.07) is 15.3. The van der Waals surface area contributed by atoms with Crippen LogP contribution in [-0.2, 0) is 91.0 Å². The zero-order chi connectivity index (χ0) is 107. The van der Waals surface area contributed by atoms with Crippen LogP contribution < -0.4 is 27.6 Å². The second-order valence-corrected chi connectivity index (χ2v) is 40.9. The van der Waals surface area contributed by atoms with Crippen molar-refractivity contribution in [3.63, 3.8) is 0 Å². The molecule has 0 spiro atoms. The molecule has 56 nitrogen and oxygen atoms in total. The second-order valence-electron chi connectivity index (χ2n) is 38.3. The quantitative estimate of drug-likeness (QED) is 0.0139. The lowest BCUT2D eigenvalue weighted by Crippen LogP contribution is -2.56. The number of urea groups is 6. The number of aromatic nitrogens is 13. The summed E-state index contributed by atoms with van der Waals surface area (Å²) >= 11 is 1.33. The highest BCUT2D eigenvalue weighted by Crippen LogP contribution is 2.51. The van der Waals surface area contributed by atoms with E-state index in [0.717, 1.165) is 96.6 Å². The number of hydrogen-bond acceptors (Lipinski definition) is 34. The van der Waals surface area contributed by atoms with Crippen LogP contribution in [0.25, 0.3) is 0 Å². The van der Waals surface area contributed by atoms with Crippen LogP contribution in [0.2, 0.25) is 0 Å². The molecule has 14 aliphatic heterocycles. The Bertz CT molecular complexity index is 7170. The number of imide groups is 1. The Kier molecular flexibility index (Phi) is 28.4. The standard InChI is InChI=1S/C19H25N7O5.C19H21N5O2.C17H21N7O2.C14H18N8O2S.C12H18N6O4S.C11H12N6O2/c1-4-24-7-8-25(18(29)17(24)28)14(27)6-5-12(21-31)16-15-11(9-20-23(15)3)13-10-26(16)19(30)22(13)2;1-22-16-11-24(19(22)25)18(17-14(16)10-20-23(17)2)15-9-13(26-21-15)8-12-6-4-3-5-7-12;1-22-13-9-24(17(22)25)15(14-12(13)8-20-23(14)2)16(21-26)19-7-10-3-5-11(18)6-4-10;1-20-9-5-22(14(20)23)11(10-8(9)4-17-21(10)2)12(19-24)16-3-7-6-25-13(15)18-7;1-16-9-6-18(12(16)19)11(10-7(9)5-14-17(10)2)8(15-20)3-4-23(13,21)22;1-15-8-5-17(11(15)18)10(7(3-12)14-19)9-6(8)4-13-16(9)2/h9,13,16,31H,4-8,10H2,1-3H3;3-7,10,13,16,18H,8-9,11H2,1-2H3;3-6,8,13,15,26H,7,9,18H2,1-2H3,(H,19,21);4,6,9,11,24H,3,5H2,1-2H3,(H2,15,18)(H,16,19);5,9,11,20H,3-4,6H2,1-2H3,(H2,13,21,22);4,8,10,19H,5H2,1-2H3/b21-12+;;;;15-8+;14-7+/t13-,16+;13?,16-,18+;13-,15-;9-,11-;9-,11+;8-,10+/m000000/s1. The number of aliphatic imine (C=N–C) groups is 2. The number of nitrogens with zero attached hydrogens (tertiary/aromatic N) is 34. The highest BCUT2D eigenvalue weighted by Gasteiger charge is 2.57. The van der Waals surface area contributed by atoms with Gasteiger partial charge in [0.2, 0.25) is 15.9 Å². The van der Waals surface area contributed by atoms with Crippen molar-refractivity contribution in [2.75, 3.05) is 118 Å². The van der Waals surface area contributed by atoms with Crippen molar-refractivity contribution in [2.45, 2.75) is 131 Å². The van der Waals surface area contributed by atoms with Crippen LogP contribution in [0.1, 0.15) is 189 Å². The first-order valence-corrected chi connectivity index (χ1v) is 50.6. The fourth-order valence-electron chi connectivity index (χ4n) is 22.3. The summed E-state index contributed by atoms with van der Waals surface area (Å²) in [5.41, 5.74) is 31.2. The second kappa shape index (κ2) is 41.2. The van der Waals surface area contributed by atoms with Gasteiger partial charge in [-0.25, -0.2) is 47.3 Å². The molecular weight excluding hydrogens is 1990 g/mol. The number of amidine groups is 2. The van der Waals surface area contributed by atoms with Crippen molar-refractivity contribution < 1.29 is 82.4 Å². The van der Waals surface area contributed by atoms with E-state index in [1.807, 2.05) is 85.8 Å². The zero-order valence-corrected chi connectivity index (χ0v) is 85.8. The summed E-state index contributed by atoms with van der Waals surface area (Å²) < 4.78 is 32.6. The number of aryl methyl sites for hydroxylation is 6. The number of nitrogens with one attached hydrogen (secondary N) is 2. The SMILES string of the molecule is CCN1CCN(C(=O)CC/C(=N\O)[C@@H]2c3c(cnn3C)[C@@H]3CN2C(=O)N3C)C(=O)C1=O.CN1C(=O)N2C[C@H]1c1cnn(C)c1[C@H]2/C(C#N)=N/O.CN1C(=O)N2C[C@H]1c1cnn(C)c1[C@H]2/C(CCS(N)(=O)=O)=N/O.CN1C(=O)N2C[C@H]1c1cnn(C)c1[C@H]2C(=NCc1ccc(N)cc1)NO.CN1C(=O)N2C[C@H]1c1cnn(C)c1[C@H]2C(=NCc1csc(N)n1)NO.CN1C(=O)N2C[C@H]1c1cnn(C)c1[C@H]2C1=NOC(Cc2ccccc2)C1. The third kappa shape index (κ3) is 18.3. The number of nitriles is 1. The van der Waals surface area contributed by atoms with E-state index in [2.05, 4.69) is 89.3 Å². The van der Waals surface area contributed by atoms with Gasteiger partial charge in [-0.1, -0.05) is 63.1 Å². The molecule has 0 radical (unpaired) electrons. The molecule has 13 N–H and O–H groups in total. The van der Waals surface area contributed by atoms with E-state index in [1.165, 1.54) is 26.7 Å². The number of benzene rings is 2. The van der Waals surface area contributed by atoms with E-state index in [9.17, 15) is 72.4 Å². The maximum atomic E-state index is 12.7. The molecular formula is C92H115N39O17S2. The van der Waals surface area contributed by atoms with E-state index >= 15 is 0 Å². The Hall–Kier alpha value is -16.7. The van der Waals surface area contributed by atoms with Gasteiger partial charge in [0.1, 0.15) is 60.1 Å². The maximum absolute atomic E-state index is 12.7. The van der Waals surface area contributed by atoms with E-state index in [-0.39, 0.29) is 146 Å². The first kappa shape index (κ1) is 103. The number of primary sulfonamides is 1. The van der Waals surface area contributed by atoms with Gasteiger partial charge in [-0.2, -0.15) is 35.9 Å². The van der Waals surface area contributed by atoms with E-state index in [0.29, 0.717) is 81.3 Å². The Labute approximate surface area is 861 Å². The van der Waals surface area contributed by atoms with Gasteiger partial charge in [-0.3, -0.25) is 78.7 Å². The third-order valence-electron chi connectivity index (χ3n) is 30.1. The van der Waals surface area contributed by atoms with E-state index in [1.54, 1.807) is 179 Å². The molecule has 21 heterocycles. The Balaban J connectivity index is 0.000000118. The predicted molar refractivity (Wildman–Crippen MR) is 532 cm³/mol. The average molecular weight is 2100 g/mol. The number of carbonyl (C=O) groups is 9. The summed E-state index contributed by atoms with van der Waals surface area (Å²) in [5.74, 6) is -1.82. The number of rotatable bonds is 19. The Morgan fingerprint density at radius 1 is 0.487 bits per heavy atom. The highest BCUT2D eigenvalue weighted by molar-refractivity contribution is 7.89. The van der Waals surface area contributed by atoms with Gasteiger partial charge in [-0.15, -0.1) is 11.3 Å². The van der Waals surface area contributed by atoms with Crippen LogP contribution in [-0.4, -0.2) is 368 Å². The van der Waals surface area contributed by atoms with Crippen molar-refractivity contribution in [1.82, 2.24) is 143 Å².